The van der Waals surface area contributed by atoms with Crippen LogP contribution in [0.4, 0.5) is 4.39 Å². The molecule has 0 radical (unpaired) electrons. The fourth-order valence-electron chi connectivity index (χ4n) is 2.14. The van der Waals surface area contributed by atoms with Crippen molar-refractivity contribution in [2.24, 2.45) is 5.92 Å². The Labute approximate surface area is 85.2 Å². The minimum atomic E-state index is -0.764. The van der Waals surface area contributed by atoms with E-state index in [0.29, 0.717) is 6.42 Å². The first-order valence-electron chi connectivity index (χ1n) is 5.47. The maximum Gasteiger partial charge on any atom is 0.129 e. The zero-order valence-electron chi connectivity index (χ0n) is 8.67. The summed E-state index contributed by atoms with van der Waals surface area (Å²) in [4.78, 5) is 0. The topological polar surface area (TPSA) is 0 Å². The molecule has 2 rings (SSSR count). The van der Waals surface area contributed by atoms with Crippen LogP contribution in [0.25, 0.3) is 0 Å². The van der Waals surface area contributed by atoms with Crippen molar-refractivity contribution in [1.29, 1.82) is 0 Å². The van der Waals surface area contributed by atoms with Crippen LogP contribution in [0.3, 0.4) is 0 Å². The van der Waals surface area contributed by atoms with Crippen LogP contribution in [-0.4, -0.2) is 6.17 Å². The first kappa shape index (κ1) is 9.70. The number of rotatable bonds is 1. The molecule has 0 bridgehead atoms. The second kappa shape index (κ2) is 4.12. The van der Waals surface area contributed by atoms with Crippen molar-refractivity contribution in [1.82, 2.24) is 0 Å². The molecular formula is C13H17F. The monoisotopic (exact) mass is 192 g/mol. The van der Waals surface area contributed by atoms with Gasteiger partial charge in [-0.25, -0.2) is 4.39 Å². The molecule has 0 aromatic carbocycles. The minimum absolute atomic E-state index is 0.554. The number of alkyl halides is 1. The SMILES string of the molecule is CC1CC=C(C2=CC=CC[C@H]2F)CC1. The number of hydrogen-bond acceptors (Lipinski definition) is 0. The Morgan fingerprint density at radius 1 is 1.36 bits per heavy atom. The summed E-state index contributed by atoms with van der Waals surface area (Å²) < 4.78 is 13.6. The molecular weight excluding hydrogens is 175 g/mol. The summed E-state index contributed by atoms with van der Waals surface area (Å²) >= 11 is 0. The lowest BCUT2D eigenvalue weighted by atomic mass is 9.84. The van der Waals surface area contributed by atoms with Crippen LogP contribution in [0.5, 0.6) is 0 Å². The molecule has 0 saturated heterocycles. The van der Waals surface area contributed by atoms with E-state index in [-0.39, 0.29) is 0 Å². The Kier molecular flexibility index (Phi) is 2.85. The fourth-order valence-corrected chi connectivity index (χ4v) is 2.14. The van der Waals surface area contributed by atoms with Gasteiger partial charge < -0.3 is 0 Å². The molecule has 0 spiro atoms. The summed E-state index contributed by atoms with van der Waals surface area (Å²) in [5.74, 6) is 0.775. The molecule has 76 valence electrons. The Bertz CT molecular complexity index is 296. The number of allylic oxidation sites excluding steroid dienone is 6. The minimum Gasteiger partial charge on any atom is -0.242 e. The predicted octanol–water partition coefficient (Wildman–Crippen LogP) is 3.96. The quantitative estimate of drug-likeness (QED) is 0.590. The van der Waals surface area contributed by atoms with Crippen molar-refractivity contribution in [3.63, 3.8) is 0 Å². The van der Waals surface area contributed by atoms with Gasteiger partial charge in [0, 0.05) is 6.42 Å². The van der Waals surface area contributed by atoms with Crippen LogP contribution in [0.2, 0.25) is 0 Å². The highest BCUT2D eigenvalue weighted by atomic mass is 19.1. The third-order valence-corrected chi connectivity index (χ3v) is 3.14. The smallest absolute Gasteiger partial charge is 0.129 e. The fraction of sp³-hybridized carbons (Fsp3) is 0.538. The Balaban J connectivity index is 2.14. The van der Waals surface area contributed by atoms with Crippen molar-refractivity contribution in [2.45, 2.75) is 38.8 Å². The molecule has 1 unspecified atom stereocenters. The van der Waals surface area contributed by atoms with Crippen molar-refractivity contribution in [3.05, 3.63) is 35.5 Å². The maximum atomic E-state index is 13.6. The van der Waals surface area contributed by atoms with E-state index < -0.39 is 6.17 Å². The van der Waals surface area contributed by atoms with Gasteiger partial charge in [0.15, 0.2) is 0 Å². The third kappa shape index (κ3) is 1.97. The second-order valence-electron chi connectivity index (χ2n) is 4.36. The van der Waals surface area contributed by atoms with E-state index in [4.69, 9.17) is 0 Å². The molecule has 2 aliphatic carbocycles. The van der Waals surface area contributed by atoms with Gasteiger partial charge in [0.2, 0.25) is 0 Å². The zero-order valence-corrected chi connectivity index (χ0v) is 8.67. The molecule has 0 saturated carbocycles. The van der Waals surface area contributed by atoms with E-state index in [0.717, 1.165) is 24.3 Å². The van der Waals surface area contributed by atoms with Crippen LogP contribution in [-0.2, 0) is 0 Å². The molecule has 14 heavy (non-hydrogen) atoms. The summed E-state index contributed by atoms with van der Waals surface area (Å²) in [6, 6.07) is 0. The Morgan fingerprint density at radius 2 is 2.21 bits per heavy atom. The molecule has 0 amide bonds. The highest BCUT2D eigenvalue weighted by Crippen LogP contribution is 2.32. The van der Waals surface area contributed by atoms with Gasteiger partial charge in [-0.3, -0.25) is 0 Å². The highest BCUT2D eigenvalue weighted by Gasteiger charge is 2.20. The Morgan fingerprint density at radius 3 is 2.86 bits per heavy atom. The molecule has 2 aliphatic rings. The standard InChI is InChI=1S/C13H17F/c1-10-6-8-11(9-7-10)12-4-2-3-5-13(12)14/h2-4,8,10,13H,5-7,9H2,1H3/t10?,13-/m1/s1. The van der Waals surface area contributed by atoms with Crippen molar-refractivity contribution in [3.8, 4) is 0 Å². The van der Waals surface area contributed by atoms with Crippen LogP contribution < -0.4 is 0 Å². The van der Waals surface area contributed by atoms with E-state index in [1.54, 1.807) is 0 Å². The van der Waals surface area contributed by atoms with Gasteiger partial charge in [0.25, 0.3) is 0 Å². The molecule has 0 fully saturated rings. The van der Waals surface area contributed by atoms with E-state index >= 15 is 0 Å². The van der Waals surface area contributed by atoms with Gasteiger partial charge in [0.05, 0.1) is 0 Å². The van der Waals surface area contributed by atoms with Crippen molar-refractivity contribution >= 4 is 0 Å². The Hall–Kier alpha value is -0.850. The third-order valence-electron chi connectivity index (χ3n) is 3.14. The maximum absolute atomic E-state index is 13.6. The van der Waals surface area contributed by atoms with Crippen LogP contribution in [0.1, 0.15) is 32.6 Å². The van der Waals surface area contributed by atoms with E-state index in [1.807, 2.05) is 18.2 Å². The van der Waals surface area contributed by atoms with Crippen LogP contribution in [0.15, 0.2) is 35.5 Å². The molecule has 0 aliphatic heterocycles. The summed E-state index contributed by atoms with van der Waals surface area (Å²) in [5, 5.41) is 0. The van der Waals surface area contributed by atoms with Gasteiger partial charge >= 0.3 is 0 Å². The molecule has 0 aromatic heterocycles. The molecule has 2 atom stereocenters. The van der Waals surface area contributed by atoms with Gasteiger partial charge in [0.1, 0.15) is 6.17 Å². The molecule has 0 heterocycles. The van der Waals surface area contributed by atoms with Gasteiger partial charge in [-0.15, -0.1) is 0 Å². The second-order valence-corrected chi connectivity index (χ2v) is 4.36. The average Bonchev–Trinajstić information content (AvgIpc) is 2.20. The van der Waals surface area contributed by atoms with E-state index in [9.17, 15) is 4.39 Å². The average molecular weight is 192 g/mol. The first-order valence-corrected chi connectivity index (χ1v) is 5.47. The number of halogens is 1. The van der Waals surface area contributed by atoms with Gasteiger partial charge in [-0.05, 0) is 36.3 Å². The lowest BCUT2D eigenvalue weighted by Crippen LogP contribution is -2.12. The van der Waals surface area contributed by atoms with Crippen LogP contribution in [0, 0.1) is 5.92 Å². The van der Waals surface area contributed by atoms with Crippen molar-refractivity contribution < 1.29 is 4.39 Å². The molecule has 0 nitrogen and oxygen atoms in total. The lowest BCUT2D eigenvalue weighted by Gasteiger charge is -2.23. The normalized spacial score (nSPS) is 32.4. The zero-order chi connectivity index (χ0) is 9.97. The van der Waals surface area contributed by atoms with Gasteiger partial charge in [-0.2, -0.15) is 0 Å². The summed E-state index contributed by atoms with van der Waals surface area (Å²) in [6.45, 7) is 2.26. The first-order chi connectivity index (χ1) is 6.77. The summed E-state index contributed by atoms with van der Waals surface area (Å²) in [5.41, 5.74) is 2.18. The lowest BCUT2D eigenvalue weighted by molar-refractivity contribution is 0.380. The van der Waals surface area contributed by atoms with E-state index in [1.165, 1.54) is 12.0 Å². The molecule has 0 N–H and O–H groups in total. The summed E-state index contributed by atoms with van der Waals surface area (Å²) in [6.07, 6.45) is 11.2. The summed E-state index contributed by atoms with van der Waals surface area (Å²) in [7, 11) is 0. The number of hydrogen-bond donors (Lipinski definition) is 0. The van der Waals surface area contributed by atoms with Crippen LogP contribution >= 0.6 is 0 Å². The largest absolute Gasteiger partial charge is 0.242 e. The molecule has 1 heteroatoms. The predicted molar refractivity (Wildman–Crippen MR) is 57.8 cm³/mol. The molecule has 0 aromatic rings. The highest BCUT2D eigenvalue weighted by molar-refractivity contribution is 5.40. The van der Waals surface area contributed by atoms with Crippen molar-refractivity contribution in [2.75, 3.05) is 0 Å². The van der Waals surface area contributed by atoms with Gasteiger partial charge in [-0.1, -0.05) is 31.2 Å². The van der Waals surface area contributed by atoms with E-state index in [2.05, 4.69) is 13.0 Å².